The standard InChI is InChI=1S/C17H21N3O2S/c1-20-17(18-14-9-4-3-5-10-14)23-15(19-20)12-7-6-8-13(11-12)16(21)22-2/h6-8,11,14H,3-5,9-10H2,1-2H3/b18-17+. The highest BCUT2D eigenvalue weighted by molar-refractivity contribution is 7.12. The number of aromatic nitrogens is 2. The van der Waals surface area contributed by atoms with Crippen molar-refractivity contribution in [3.8, 4) is 10.6 Å². The van der Waals surface area contributed by atoms with Crippen LogP contribution in [0.2, 0.25) is 0 Å². The van der Waals surface area contributed by atoms with Crippen molar-refractivity contribution in [1.82, 2.24) is 9.78 Å². The Bertz CT molecular complexity index is 757. The lowest BCUT2D eigenvalue weighted by Gasteiger charge is -2.16. The maximum atomic E-state index is 11.7. The quantitative estimate of drug-likeness (QED) is 0.812. The number of hydrogen-bond donors (Lipinski definition) is 0. The highest BCUT2D eigenvalue weighted by Gasteiger charge is 2.14. The summed E-state index contributed by atoms with van der Waals surface area (Å²) in [6.07, 6.45) is 6.21. The highest BCUT2D eigenvalue weighted by Crippen LogP contribution is 2.22. The minimum absolute atomic E-state index is 0.333. The Kier molecular flexibility index (Phi) is 4.91. The van der Waals surface area contributed by atoms with Crippen molar-refractivity contribution < 1.29 is 9.53 Å². The van der Waals surface area contributed by atoms with Crippen LogP contribution < -0.4 is 4.80 Å². The van der Waals surface area contributed by atoms with Crippen molar-refractivity contribution in [1.29, 1.82) is 0 Å². The van der Waals surface area contributed by atoms with Gasteiger partial charge in [0.2, 0.25) is 4.80 Å². The Morgan fingerprint density at radius 3 is 2.87 bits per heavy atom. The Balaban J connectivity index is 1.91. The van der Waals surface area contributed by atoms with Crippen molar-refractivity contribution in [2.45, 2.75) is 38.1 Å². The summed E-state index contributed by atoms with van der Waals surface area (Å²) in [5.41, 5.74) is 1.45. The maximum Gasteiger partial charge on any atom is 0.337 e. The SMILES string of the molecule is COC(=O)c1cccc(-c2nn(C)/c(=N\C3CCCCC3)s2)c1. The molecule has 1 saturated carbocycles. The molecule has 0 atom stereocenters. The van der Waals surface area contributed by atoms with E-state index in [1.165, 1.54) is 39.2 Å². The zero-order valence-electron chi connectivity index (χ0n) is 13.5. The molecular weight excluding hydrogens is 310 g/mol. The van der Waals surface area contributed by atoms with Gasteiger partial charge >= 0.3 is 5.97 Å². The molecule has 1 aromatic carbocycles. The van der Waals surface area contributed by atoms with Crippen LogP contribution in [0.4, 0.5) is 0 Å². The Labute approximate surface area is 139 Å². The molecule has 0 spiro atoms. The fourth-order valence-corrected chi connectivity index (χ4v) is 3.80. The fourth-order valence-electron chi connectivity index (χ4n) is 2.84. The number of nitrogens with zero attached hydrogens (tertiary/aromatic N) is 3. The lowest BCUT2D eigenvalue weighted by atomic mass is 9.96. The molecule has 0 unspecified atom stereocenters. The van der Waals surface area contributed by atoms with Gasteiger partial charge in [0, 0.05) is 12.6 Å². The molecular formula is C17H21N3O2S. The van der Waals surface area contributed by atoms with E-state index in [0.717, 1.165) is 15.4 Å². The second-order valence-electron chi connectivity index (χ2n) is 5.81. The largest absolute Gasteiger partial charge is 0.465 e. The van der Waals surface area contributed by atoms with Crippen LogP contribution in [0.1, 0.15) is 42.5 Å². The summed E-state index contributed by atoms with van der Waals surface area (Å²) in [6, 6.07) is 7.78. The molecule has 0 bridgehead atoms. The molecule has 122 valence electrons. The number of benzene rings is 1. The van der Waals surface area contributed by atoms with Gasteiger partial charge in [0.25, 0.3) is 0 Å². The van der Waals surface area contributed by atoms with Gasteiger partial charge in [-0.05, 0) is 25.0 Å². The maximum absolute atomic E-state index is 11.7. The minimum Gasteiger partial charge on any atom is -0.465 e. The molecule has 2 aromatic rings. The normalized spacial score (nSPS) is 16.5. The fraction of sp³-hybridized carbons (Fsp3) is 0.471. The van der Waals surface area contributed by atoms with Gasteiger partial charge in [-0.1, -0.05) is 42.7 Å². The predicted molar refractivity (Wildman–Crippen MR) is 90.3 cm³/mol. The molecule has 6 heteroatoms. The van der Waals surface area contributed by atoms with E-state index >= 15 is 0 Å². The van der Waals surface area contributed by atoms with Gasteiger partial charge in [-0.25, -0.2) is 9.48 Å². The van der Waals surface area contributed by atoms with Crippen molar-refractivity contribution in [3.63, 3.8) is 0 Å². The molecule has 0 radical (unpaired) electrons. The number of carbonyl (C=O) groups excluding carboxylic acids is 1. The summed E-state index contributed by atoms with van der Waals surface area (Å²) >= 11 is 1.57. The first-order valence-corrected chi connectivity index (χ1v) is 8.76. The molecule has 0 amide bonds. The zero-order valence-corrected chi connectivity index (χ0v) is 14.3. The number of carbonyl (C=O) groups is 1. The van der Waals surface area contributed by atoms with E-state index in [-0.39, 0.29) is 5.97 Å². The van der Waals surface area contributed by atoms with E-state index in [9.17, 15) is 4.79 Å². The molecule has 23 heavy (non-hydrogen) atoms. The third kappa shape index (κ3) is 3.69. The minimum atomic E-state index is -0.333. The smallest absolute Gasteiger partial charge is 0.337 e. The van der Waals surface area contributed by atoms with Crippen LogP contribution in [-0.2, 0) is 11.8 Å². The van der Waals surface area contributed by atoms with Crippen molar-refractivity contribution >= 4 is 17.3 Å². The predicted octanol–water partition coefficient (Wildman–Crippen LogP) is 3.17. The number of ether oxygens (including phenoxy) is 1. The van der Waals surface area contributed by atoms with E-state index in [2.05, 4.69) is 5.10 Å². The van der Waals surface area contributed by atoms with Crippen molar-refractivity contribution in [2.24, 2.45) is 12.0 Å². The second-order valence-corrected chi connectivity index (χ2v) is 6.76. The van der Waals surface area contributed by atoms with Crippen LogP contribution in [0.25, 0.3) is 10.6 Å². The summed E-state index contributed by atoms with van der Waals surface area (Å²) in [7, 11) is 3.31. The van der Waals surface area contributed by atoms with Gasteiger partial charge in [-0.2, -0.15) is 5.10 Å². The average molecular weight is 331 g/mol. The zero-order chi connectivity index (χ0) is 16.2. The average Bonchev–Trinajstić information content (AvgIpc) is 2.96. The Hall–Kier alpha value is -1.95. The monoisotopic (exact) mass is 331 g/mol. The van der Waals surface area contributed by atoms with Crippen LogP contribution >= 0.6 is 11.3 Å². The molecule has 0 aliphatic heterocycles. The van der Waals surface area contributed by atoms with Gasteiger partial charge in [0.15, 0.2) is 0 Å². The summed E-state index contributed by atoms with van der Waals surface area (Å²) in [4.78, 5) is 17.5. The summed E-state index contributed by atoms with van der Waals surface area (Å²) in [5, 5.41) is 5.43. The lowest BCUT2D eigenvalue weighted by Crippen LogP contribution is -2.18. The van der Waals surface area contributed by atoms with Crippen LogP contribution in [0, 0.1) is 0 Å². The van der Waals surface area contributed by atoms with Crippen molar-refractivity contribution in [2.75, 3.05) is 7.11 Å². The van der Waals surface area contributed by atoms with Gasteiger partial charge in [0.1, 0.15) is 5.01 Å². The summed E-state index contributed by atoms with van der Waals surface area (Å²) in [5.74, 6) is -0.333. The molecule has 0 N–H and O–H groups in total. The number of methoxy groups -OCH3 is 1. The number of aryl methyl sites for hydroxylation is 1. The van der Waals surface area contributed by atoms with E-state index in [0.29, 0.717) is 11.6 Å². The van der Waals surface area contributed by atoms with E-state index in [4.69, 9.17) is 9.73 Å². The molecule has 0 saturated heterocycles. The van der Waals surface area contributed by atoms with Crippen LogP contribution in [-0.4, -0.2) is 28.9 Å². The van der Waals surface area contributed by atoms with Crippen molar-refractivity contribution in [3.05, 3.63) is 34.6 Å². The number of rotatable bonds is 3. The topological polar surface area (TPSA) is 56.5 Å². The van der Waals surface area contributed by atoms with Gasteiger partial charge in [-0.3, -0.25) is 4.99 Å². The molecule has 1 heterocycles. The summed E-state index contributed by atoms with van der Waals surface area (Å²) in [6.45, 7) is 0. The van der Waals surface area contributed by atoms with E-state index in [1.807, 2.05) is 29.9 Å². The summed E-state index contributed by atoms with van der Waals surface area (Å²) < 4.78 is 6.61. The van der Waals surface area contributed by atoms with Crippen LogP contribution in [0.3, 0.4) is 0 Å². The van der Waals surface area contributed by atoms with Gasteiger partial charge in [-0.15, -0.1) is 0 Å². The number of hydrogen-bond acceptors (Lipinski definition) is 5. The van der Waals surface area contributed by atoms with Gasteiger partial charge in [0.05, 0.1) is 18.7 Å². The third-order valence-corrected chi connectivity index (χ3v) is 5.17. The first-order valence-electron chi connectivity index (χ1n) is 7.94. The highest BCUT2D eigenvalue weighted by atomic mass is 32.1. The molecule has 5 nitrogen and oxygen atoms in total. The first kappa shape index (κ1) is 15.9. The number of esters is 1. The molecule has 1 aliphatic rings. The Morgan fingerprint density at radius 2 is 2.13 bits per heavy atom. The van der Waals surface area contributed by atoms with E-state index in [1.54, 1.807) is 17.4 Å². The van der Waals surface area contributed by atoms with E-state index < -0.39 is 0 Å². The molecule has 1 fully saturated rings. The second kappa shape index (κ2) is 7.08. The Morgan fingerprint density at radius 1 is 1.35 bits per heavy atom. The lowest BCUT2D eigenvalue weighted by molar-refractivity contribution is 0.0601. The van der Waals surface area contributed by atoms with Crippen LogP contribution in [0.15, 0.2) is 29.3 Å². The van der Waals surface area contributed by atoms with Gasteiger partial charge < -0.3 is 4.74 Å². The molecule has 1 aliphatic carbocycles. The third-order valence-electron chi connectivity index (χ3n) is 4.10. The first-order chi connectivity index (χ1) is 11.2. The molecule has 3 rings (SSSR count). The molecule has 1 aromatic heterocycles. The van der Waals surface area contributed by atoms with Crippen LogP contribution in [0.5, 0.6) is 0 Å².